The number of fused-ring (bicyclic) bond motifs is 1. The molecule has 0 spiro atoms. The lowest BCUT2D eigenvalue weighted by Gasteiger charge is -2.20. The van der Waals surface area contributed by atoms with Crippen LogP contribution in [0.3, 0.4) is 0 Å². The van der Waals surface area contributed by atoms with Gasteiger partial charge in [-0.05, 0) is 41.7 Å². The minimum atomic E-state index is -0.0328. The predicted molar refractivity (Wildman–Crippen MR) is 97.3 cm³/mol. The summed E-state index contributed by atoms with van der Waals surface area (Å²) in [5.74, 6) is 1.68. The summed E-state index contributed by atoms with van der Waals surface area (Å²) in [6.45, 7) is 2.13. The molecule has 0 fully saturated rings. The number of aromatic hydroxyl groups is 2. The Balaban J connectivity index is 2.22. The smallest absolute Gasteiger partial charge is 0.201 e. The molecule has 0 unspecified atom stereocenters. The molecule has 3 rings (SSSR count). The van der Waals surface area contributed by atoms with Crippen molar-refractivity contribution in [1.82, 2.24) is 0 Å². The van der Waals surface area contributed by atoms with E-state index in [1.165, 1.54) is 28.4 Å². The van der Waals surface area contributed by atoms with Crippen LogP contribution in [0.2, 0.25) is 0 Å². The highest BCUT2D eigenvalue weighted by molar-refractivity contribution is 5.65. The molecule has 0 heterocycles. The van der Waals surface area contributed by atoms with Crippen LogP contribution in [0, 0.1) is 0 Å². The van der Waals surface area contributed by atoms with Gasteiger partial charge in [-0.3, -0.25) is 0 Å². The summed E-state index contributed by atoms with van der Waals surface area (Å²) in [6.07, 6.45) is 0.829. The standard InChI is InChI=1S/C20H24O6/c1-10-6-13(11-7-14(23-2)18(21)15(8-11)24-3)17-12(10)9-16(25-4)19(22)20(17)26-5/h7-10,13,21-22H,6H2,1-5H3/t10-,13+/m1/s1. The molecule has 1 aliphatic rings. The molecule has 6 heteroatoms. The van der Waals surface area contributed by atoms with Gasteiger partial charge in [0.25, 0.3) is 0 Å². The van der Waals surface area contributed by atoms with Gasteiger partial charge < -0.3 is 29.2 Å². The monoisotopic (exact) mass is 360 g/mol. The first kappa shape index (κ1) is 18.0. The van der Waals surface area contributed by atoms with Crippen molar-refractivity contribution in [2.24, 2.45) is 0 Å². The van der Waals surface area contributed by atoms with Gasteiger partial charge in [0.2, 0.25) is 11.5 Å². The zero-order valence-corrected chi connectivity index (χ0v) is 15.6. The number of hydrogen-bond donors (Lipinski definition) is 2. The van der Waals surface area contributed by atoms with E-state index in [1.807, 2.05) is 6.07 Å². The second-order valence-electron chi connectivity index (χ2n) is 6.43. The van der Waals surface area contributed by atoms with Gasteiger partial charge in [-0.25, -0.2) is 0 Å². The van der Waals surface area contributed by atoms with Gasteiger partial charge in [-0.15, -0.1) is 0 Å². The first-order valence-corrected chi connectivity index (χ1v) is 8.39. The molecule has 140 valence electrons. The number of phenols is 2. The van der Waals surface area contributed by atoms with E-state index in [1.54, 1.807) is 12.1 Å². The summed E-state index contributed by atoms with van der Waals surface area (Å²) in [6, 6.07) is 5.46. The van der Waals surface area contributed by atoms with E-state index in [0.717, 1.165) is 23.1 Å². The zero-order valence-electron chi connectivity index (χ0n) is 15.6. The molecule has 0 saturated carbocycles. The number of ether oxygens (including phenoxy) is 4. The Hall–Kier alpha value is -2.76. The number of rotatable bonds is 5. The van der Waals surface area contributed by atoms with Crippen molar-refractivity contribution in [2.75, 3.05) is 28.4 Å². The van der Waals surface area contributed by atoms with Gasteiger partial charge in [0.15, 0.2) is 23.0 Å². The Kier molecular flexibility index (Phi) is 4.76. The summed E-state index contributed by atoms with van der Waals surface area (Å²) in [4.78, 5) is 0. The average Bonchev–Trinajstić information content (AvgIpc) is 2.97. The summed E-state index contributed by atoms with van der Waals surface area (Å²) in [7, 11) is 6.06. The highest BCUT2D eigenvalue weighted by Crippen LogP contribution is 2.55. The number of phenolic OH excluding ortho intramolecular Hbond substituents is 2. The zero-order chi connectivity index (χ0) is 19.0. The second-order valence-corrected chi connectivity index (χ2v) is 6.43. The third kappa shape index (κ3) is 2.66. The van der Waals surface area contributed by atoms with E-state index in [2.05, 4.69) is 6.92 Å². The molecule has 2 N–H and O–H groups in total. The number of benzene rings is 2. The van der Waals surface area contributed by atoms with Crippen LogP contribution in [-0.2, 0) is 0 Å². The normalized spacial score (nSPS) is 18.3. The van der Waals surface area contributed by atoms with Crippen LogP contribution in [-0.4, -0.2) is 38.7 Å². The van der Waals surface area contributed by atoms with Gasteiger partial charge in [0.1, 0.15) is 0 Å². The van der Waals surface area contributed by atoms with Gasteiger partial charge >= 0.3 is 0 Å². The lowest BCUT2D eigenvalue weighted by Crippen LogP contribution is -2.02. The molecule has 1 aliphatic carbocycles. The first-order valence-electron chi connectivity index (χ1n) is 8.39. The fourth-order valence-electron chi connectivity index (χ4n) is 3.80. The third-order valence-corrected chi connectivity index (χ3v) is 5.09. The molecule has 6 nitrogen and oxygen atoms in total. The second kappa shape index (κ2) is 6.86. The highest BCUT2D eigenvalue weighted by atomic mass is 16.5. The average molecular weight is 360 g/mol. The Bertz CT molecular complexity index is 805. The molecule has 26 heavy (non-hydrogen) atoms. The van der Waals surface area contributed by atoms with Crippen molar-refractivity contribution in [3.8, 4) is 34.5 Å². The maximum Gasteiger partial charge on any atom is 0.201 e. The molecule has 0 saturated heterocycles. The molecule has 0 aliphatic heterocycles. The SMILES string of the molecule is COc1cc([C@@H]2C[C@@H](C)c3cc(OC)c(O)c(OC)c32)cc(OC)c1O. The molecule has 0 aromatic heterocycles. The minimum absolute atomic E-state index is 0.00874. The van der Waals surface area contributed by atoms with E-state index < -0.39 is 0 Å². The summed E-state index contributed by atoms with van der Waals surface area (Å²) in [5, 5.41) is 20.7. The topological polar surface area (TPSA) is 77.4 Å². The quantitative estimate of drug-likeness (QED) is 0.845. The van der Waals surface area contributed by atoms with Crippen LogP contribution in [0.15, 0.2) is 18.2 Å². The summed E-state index contributed by atoms with van der Waals surface area (Å²) >= 11 is 0. The van der Waals surface area contributed by atoms with Crippen molar-refractivity contribution in [1.29, 1.82) is 0 Å². The third-order valence-electron chi connectivity index (χ3n) is 5.09. The Morgan fingerprint density at radius 3 is 1.85 bits per heavy atom. The first-order chi connectivity index (χ1) is 12.5. The lowest BCUT2D eigenvalue weighted by molar-refractivity contribution is 0.335. The number of methoxy groups -OCH3 is 4. The molecule has 0 amide bonds. The molecule has 2 aromatic rings. The maximum atomic E-state index is 10.5. The van der Waals surface area contributed by atoms with Crippen LogP contribution in [0.5, 0.6) is 34.5 Å². The van der Waals surface area contributed by atoms with Gasteiger partial charge in [0, 0.05) is 11.5 Å². The van der Waals surface area contributed by atoms with E-state index in [4.69, 9.17) is 18.9 Å². The fourth-order valence-corrected chi connectivity index (χ4v) is 3.80. The maximum absolute atomic E-state index is 10.5. The molecular weight excluding hydrogens is 336 g/mol. The van der Waals surface area contributed by atoms with E-state index in [0.29, 0.717) is 23.0 Å². The molecule has 2 aromatic carbocycles. The van der Waals surface area contributed by atoms with Crippen molar-refractivity contribution in [3.63, 3.8) is 0 Å². The van der Waals surface area contributed by atoms with Crippen LogP contribution < -0.4 is 18.9 Å². The van der Waals surface area contributed by atoms with Gasteiger partial charge in [-0.1, -0.05) is 6.92 Å². The molecule has 0 radical (unpaired) electrons. The molecular formula is C20H24O6. The van der Waals surface area contributed by atoms with Crippen molar-refractivity contribution in [2.45, 2.75) is 25.2 Å². The van der Waals surface area contributed by atoms with Crippen molar-refractivity contribution >= 4 is 0 Å². The van der Waals surface area contributed by atoms with E-state index in [9.17, 15) is 10.2 Å². The number of hydrogen-bond acceptors (Lipinski definition) is 6. The van der Waals surface area contributed by atoms with Crippen molar-refractivity contribution in [3.05, 3.63) is 34.9 Å². The molecule has 2 atom stereocenters. The Morgan fingerprint density at radius 2 is 1.35 bits per heavy atom. The van der Waals surface area contributed by atoms with Crippen LogP contribution in [0.4, 0.5) is 0 Å². The Labute approximate surface area is 152 Å². The predicted octanol–water partition coefficient (Wildman–Crippen LogP) is 3.77. The fraction of sp³-hybridized carbons (Fsp3) is 0.400. The lowest BCUT2D eigenvalue weighted by atomic mass is 9.91. The van der Waals surface area contributed by atoms with Crippen molar-refractivity contribution < 1.29 is 29.2 Å². The van der Waals surface area contributed by atoms with E-state index in [-0.39, 0.29) is 23.3 Å². The van der Waals surface area contributed by atoms with Gasteiger partial charge in [0.05, 0.1) is 28.4 Å². The van der Waals surface area contributed by atoms with Crippen LogP contribution >= 0.6 is 0 Å². The molecule has 0 bridgehead atoms. The largest absolute Gasteiger partial charge is 0.502 e. The van der Waals surface area contributed by atoms with E-state index >= 15 is 0 Å². The van der Waals surface area contributed by atoms with Crippen LogP contribution in [0.1, 0.15) is 41.9 Å². The van der Waals surface area contributed by atoms with Crippen LogP contribution in [0.25, 0.3) is 0 Å². The van der Waals surface area contributed by atoms with Gasteiger partial charge in [-0.2, -0.15) is 0 Å². The highest BCUT2D eigenvalue weighted by Gasteiger charge is 2.36. The summed E-state index contributed by atoms with van der Waals surface area (Å²) in [5.41, 5.74) is 2.92. The summed E-state index contributed by atoms with van der Waals surface area (Å²) < 4.78 is 21.4. The Morgan fingerprint density at radius 1 is 0.808 bits per heavy atom. The minimum Gasteiger partial charge on any atom is -0.502 e.